The molecule has 3 unspecified atom stereocenters. The van der Waals surface area contributed by atoms with Crippen LogP contribution in [0.3, 0.4) is 0 Å². The predicted octanol–water partition coefficient (Wildman–Crippen LogP) is 7.34. The van der Waals surface area contributed by atoms with E-state index in [1.54, 1.807) is 4.90 Å². The quantitative estimate of drug-likeness (QED) is 0.210. The van der Waals surface area contributed by atoms with Crippen LogP contribution in [0, 0.1) is 12.8 Å². The zero-order chi connectivity index (χ0) is 31.9. The van der Waals surface area contributed by atoms with E-state index in [9.17, 15) is 18.0 Å². The molecule has 8 nitrogen and oxygen atoms in total. The number of rotatable bonds is 7. The summed E-state index contributed by atoms with van der Waals surface area (Å²) in [4.78, 5) is 23.7. The van der Waals surface area contributed by atoms with Crippen molar-refractivity contribution in [1.82, 2.24) is 20.1 Å². The molecule has 1 amide bonds. The van der Waals surface area contributed by atoms with Crippen molar-refractivity contribution in [3.05, 3.63) is 89.7 Å². The van der Waals surface area contributed by atoms with Crippen molar-refractivity contribution in [2.24, 2.45) is 10.9 Å². The summed E-state index contributed by atoms with van der Waals surface area (Å²) in [6.45, 7) is 6.22. The van der Waals surface area contributed by atoms with Gasteiger partial charge < -0.3 is 10.1 Å². The molecule has 1 aromatic heterocycles. The van der Waals surface area contributed by atoms with E-state index >= 15 is 0 Å². The number of halogens is 3. The van der Waals surface area contributed by atoms with Crippen LogP contribution < -0.4 is 15.0 Å². The number of amides is 1. The van der Waals surface area contributed by atoms with Crippen LogP contribution in [0.2, 0.25) is 0 Å². The summed E-state index contributed by atoms with van der Waals surface area (Å²) >= 11 is 6.99. The monoisotopic (exact) mass is 650 g/mol. The molecule has 3 atom stereocenters. The van der Waals surface area contributed by atoms with Crippen molar-refractivity contribution in [2.45, 2.75) is 45.5 Å². The zero-order valence-electron chi connectivity index (χ0n) is 24.6. The number of aromatic nitrogens is 3. The van der Waals surface area contributed by atoms with Gasteiger partial charge in [0.05, 0.1) is 23.2 Å². The van der Waals surface area contributed by atoms with Crippen molar-refractivity contribution in [2.75, 3.05) is 10.7 Å². The van der Waals surface area contributed by atoms with E-state index in [2.05, 4.69) is 50.3 Å². The lowest BCUT2D eigenvalue weighted by Crippen LogP contribution is -2.32. The second-order valence-electron chi connectivity index (χ2n) is 11.1. The molecule has 1 saturated carbocycles. The molecule has 0 spiro atoms. The predicted molar refractivity (Wildman–Crippen MR) is 173 cm³/mol. The Kier molecular flexibility index (Phi) is 8.40. The van der Waals surface area contributed by atoms with Crippen LogP contribution >= 0.6 is 24.0 Å². The first-order valence-corrected chi connectivity index (χ1v) is 15.7. The number of amidine groups is 1. The Morgan fingerprint density at radius 1 is 1.13 bits per heavy atom. The normalized spacial score (nSPS) is 19.6. The Morgan fingerprint density at radius 3 is 2.51 bits per heavy atom. The fraction of sp³-hybridized carbons (Fsp3) is 0.281. The van der Waals surface area contributed by atoms with Gasteiger partial charge in [0.1, 0.15) is 12.1 Å². The second kappa shape index (κ2) is 12.3. The van der Waals surface area contributed by atoms with E-state index in [0.717, 1.165) is 28.8 Å². The van der Waals surface area contributed by atoms with Crippen molar-refractivity contribution in [3.63, 3.8) is 0 Å². The number of aryl methyl sites for hydroxylation is 1. The maximum Gasteiger partial charge on any atom is 0.573 e. The van der Waals surface area contributed by atoms with Crippen LogP contribution in [0.15, 0.2) is 78.0 Å². The minimum Gasteiger partial charge on any atom is -0.406 e. The zero-order valence-corrected chi connectivity index (χ0v) is 26.2. The highest BCUT2D eigenvalue weighted by Gasteiger charge is 2.39. The number of carbonyl (C=O) groups is 1. The highest BCUT2D eigenvalue weighted by atomic mass is 32.2. The molecule has 13 heteroatoms. The second-order valence-corrected chi connectivity index (χ2v) is 12.5. The van der Waals surface area contributed by atoms with Crippen molar-refractivity contribution in [1.29, 1.82) is 0 Å². The van der Waals surface area contributed by atoms with Crippen molar-refractivity contribution < 1.29 is 22.7 Å². The molecule has 232 valence electrons. The number of nitrogens with zero attached hydrogens (tertiary/aromatic N) is 5. The average molecular weight is 651 g/mol. The van der Waals surface area contributed by atoms with Crippen LogP contribution in [-0.4, -0.2) is 43.1 Å². The Morgan fingerprint density at radius 2 is 1.84 bits per heavy atom. The van der Waals surface area contributed by atoms with E-state index in [1.165, 1.54) is 52.6 Å². The first-order chi connectivity index (χ1) is 21.4. The van der Waals surface area contributed by atoms with Crippen LogP contribution in [-0.2, 0) is 4.79 Å². The summed E-state index contributed by atoms with van der Waals surface area (Å²) in [5.41, 5.74) is 5.41. The number of benzene rings is 3. The van der Waals surface area contributed by atoms with Crippen molar-refractivity contribution >= 4 is 45.9 Å². The molecule has 45 heavy (non-hydrogen) atoms. The smallest absolute Gasteiger partial charge is 0.406 e. The number of ether oxygens (including phenoxy) is 1. The number of carbonyl (C=O) groups excluding carboxylic acids is 1. The van der Waals surface area contributed by atoms with Crippen LogP contribution in [0.5, 0.6) is 5.75 Å². The highest BCUT2D eigenvalue weighted by molar-refractivity contribution is 8.15. The van der Waals surface area contributed by atoms with E-state index < -0.39 is 6.36 Å². The number of hydrogen-bond acceptors (Lipinski definition) is 6. The third-order valence-electron chi connectivity index (χ3n) is 7.73. The van der Waals surface area contributed by atoms with Gasteiger partial charge in [0.2, 0.25) is 5.91 Å². The minimum absolute atomic E-state index is 0.00567. The average Bonchev–Trinajstić information content (AvgIpc) is 3.34. The molecule has 0 bridgehead atoms. The number of hydrogen-bond donors (Lipinski definition) is 1. The molecular formula is C32H29F3N6O2S2. The maximum atomic E-state index is 13.0. The van der Waals surface area contributed by atoms with Gasteiger partial charge in [0.25, 0.3) is 0 Å². The molecule has 1 aliphatic heterocycles. The molecule has 2 aliphatic rings. The van der Waals surface area contributed by atoms with Gasteiger partial charge in [-0.3, -0.25) is 9.69 Å². The lowest BCUT2D eigenvalue weighted by Gasteiger charge is -2.21. The molecule has 4 aromatic rings. The van der Waals surface area contributed by atoms with Gasteiger partial charge in [-0.05, 0) is 91.3 Å². The fourth-order valence-corrected chi connectivity index (χ4v) is 6.41. The minimum atomic E-state index is -4.75. The summed E-state index contributed by atoms with van der Waals surface area (Å²) in [5.74, 6) is 1.50. The molecule has 2 heterocycles. The number of thioether (sulfide) groups is 1. The van der Waals surface area contributed by atoms with Gasteiger partial charge in [0, 0.05) is 5.56 Å². The molecule has 1 N–H and O–H groups in total. The summed E-state index contributed by atoms with van der Waals surface area (Å²) in [6.07, 6.45) is -2.15. The first-order valence-electron chi connectivity index (χ1n) is 14.3. The topological polar surface area (TPSA) is 84.6 Å². The van der Waals surface area contributed by atoms with E-state index in [0.29, 0.717) is 34.3 Å². The Labute approximate surface area is 267 Å². The maximum absolute atomic E-state index is 13.0. The number of anilines is 1. The molecule has 3 aromatic carbocycles. The lowest BCUT2D eigenvalue weighted by atomic mass is 10.0. The van der Waals surface area contributed by atoms with E-state index in [4.69, 9.17) is 12.2 Å². The van der Waals surface area contributed by atoms with Crippen LogP contribution in [0.1, 0.15) is 48.9 Å². The summed E-state index contributed by atoms with van der Waals surface area (Å²) < 4.78 is 42.7. The Bertz CT molecular complexity index is 1770. The third-order valence-corrected chi connectivity index (χ3v) is 8.87. The highest BCUT2D eigenvalue weighted by Crippen LogP contribution is 2.50. The van der Waals surface area contributed by atoms with Gasteiger partial charge in [0.15, 0.2) is 16.1 Å². The molecular weight excluding hydrogens is 622 g/mol. The fourth-order valence-electron chi connectivity index (χ4n) is 5.23. The summed E-state index contributed by atoms with van der Waals surface area (Å²) in [5, 5.41) is 8.58. The van der Waals surface area contributed by atoms with E-state index in [1.807, 2.05) is 38.1 Å². The largest absolute Gasteiger partial charge is 0.573 e. The van der Waals surface area contributed by atoms with Gasteiger partial charge in [-0.25, -0.2) is 9.67 Å². The van der Waals surface area contributed by atoms with Gasteiger partial charge in [-0.1, -0.05) is 55.1 Å². The number of thiocarbonyl (C=S) groups is 1. The summed E-state index contributed by atoms with van der Waals surface area (Å²) in [7, 11) is 0. The SMILES string of the molecule is Cc1ccc(C2CC2C)c(N2C(=O)CS/C2=N\C(=S)NC(C)c2ccc(-c3ncn(-c4ccc(OC(F)(F)F)cc4)n3)cc2)c1. The van der Waals surface area contributed by atoms with E-state index in [-0.39, 0.29) is 22.8 Å². The van der Waals surface area contributed by atoms with Crippen LogP contribution in [0.4, 0.5) is 18.9 Å². The first kappa shape index (κ1) is 30.8. The number of alkyl halides is 3. The molecule has 2 fully saturated rings. The van der Waals surface area contributed by atoms with Crippen molar-refractivity contribution in [3.8, 4) is 22.8 Å². The Hall–Kier alpha value is -4.23. The van der Waals surface area contributed by atoms with Gasteiger partial charge in [-0.15, -0.1) is 18.3 Å². The molecule has 1 aliphatic carbocycles. The summed E-state index contributed by atoms with van der Waals surface area (Å²) in [6, 6.07) is 19.1. The molecule has 1 saturated heterocycles. The number of nitrogens with one attached hydrogen (secondary N) is 1. The lowest BCUT2D eigenvalue weighted by molar-refractivity contribution is -0.274. The van der Waals surface area contributed by atoms with Gasteiger partial charge >= 0.3 is 6.36 Å². The number of aliphatic imine (C=N–C) groups is 1. The standard InChI is InChI=1S/C32H29F3N6O2S2/c1-18-4-13-25(26-15-19(26)2)27(14-18)41-28(42)16-45-31(41)38-30(44)37-20(3)21-5-7-22(8-6-21)29-36-17-40(39-29)23-9-11-24(12-10-23)43-32(33,34)35/h4-14,17,19-20,26H,15-16H2,1-3H3,(H,37,44)/b38-31-. The van der Waals surface area contributed by atoms with Crippen LogP contribution in [0.25, 0.3) is 17.1 Å². The third kappa shape index (κ3) is 7.04. The Balaban J connectivity index is 1.12. The van der Waals surface area contributed by atoms with Gasteiger partial charge in [-0.2, -0.15) is 4.99 Å². The molecule has 0 radical (unpaired) electrons. The molecule has 6 rings (SSSR count).